The molecule has 0 aromatic heterocycles. The fourth-order valence-corrected chi connectivity index (χ4v) is 0.703. The van der Waals surface area contributed by atoms with Gasteiger partial charge in [0.25, 0.3) is 0 Å². The maximum Gasteiger partial charge on any atom is 0.133 e. The Labute approximate surface area is 43.7 Å². The van der Waals surface area contributed by atoms with Gasteiger partial charge in [-0.05, 0) is 26.2 Å². The lowest BCUT2D eigenvalue weighted by Crippen LogP contribution is -2.19. The lowest BCUT2D eigenvalue weighted by atomic mass is 9.83. The minimum Gasteiger partial charge on any atom is -0.300 e. The Morgan fingerprint density at radius 2 is 2.43 bits per heavy atom. The molecule has 0 saturated heterocycles. The SMILES string of the molecule is CC(=O)C1[CH]CC1. The van der Waals surface area contributed by atoms with E-state index in [4.69, 9.17) is 0 Å². The summed E-state index contributed by atoms with van der Waals surface area (Å²) in [5.74, 6) is 0.645. The Morgan fingerprint density at radius 3 is 2.43 bits per heavy atom. The lowest BCUT2D eigenvalue weighted by Gasteiger charge is -2.20. The van der Waals surface area contributed by atoms with Gasteiger partial charge < -0.3 is 0 Å². The quantitative estimate of drug-likeness (QED) is 0.480. The average Bonchev–Trinajstić information content (AvgIpc) is 1.23. The molecule has 0 aromatic carbocycles. The summed E-state index contributed by atoms with van der Waals surface area (Å²) in [6.45, 7) is 1.65. The largest absolute Gasteiger partial charge is 0.300 e. The summed E-state index contributed by atoms with van der Waals surface area (Å²) in [6.07, 6.45) is 4.31. The molecule has 1 unspecified atom stereocenters. The highest BCUT2D eigenvalue weighted by atomic mass is 16.1. The second-order valence-corrected chi connectivity index (χ2v) is 2.03. The van der Waals surface area contributed by atoms with Gasteiger partial charge in [-0.1, -0.05) is 0 Å². The van der Waals surface area contributed by atoms with Crippen molar-refractivity contribution in [2.45, 2.75) is 19.8 Å². The normalized spacial score (nSPS) is 21.3. The molecule has 1 heteroatoms. The number of hydrogen-bond acceptors (Lipinski definition) is 1. The van der Waals surface area contributed by atoms with Crippen molar-refractivity contribution < 1.29 is 4.79 Å². The molecule has 1 nitrogen and oxygen atoms in total. The molecule has 1 aliphatic carbocycles. The summed E-state index contributed by atoms with van der Waals surface area (Å²) < 4.78 is 0. The summed E-state index contributed by atoms with van der Waals surface area (Å²) >= 11 is 0. The molecule has 1 fully saturated rings. The molecule has 0 N–H and O–H groups in total. The fraction of sp³-hybridized carbons (Fsp3) is 0.667. The number of Topliss-reactive ketones (excluding diaryl/α,β-unsaturated/α-hetero) is 1. The van der Waals surface area contributed by atoms with E-state index in [9.17, 15) is 4.79 Å². The Hall–Kier alpha value is -0.330. The van der Waals surface area contributed by atoms with Crippen molar-refractivity contribution in [2.24, 2.45) is 5.92 Å². The van der Waals surface area contributed by atoms with E-state index < -0.39 is 0 Å². The van der Waals surface area contributed by atoms with Crippen LogP contribution in [0.15, 0.2) is 0 Å². The van der Waals surface area contributed by atoms with E-state index in [1.165, 1.54) is 0 Å². The highest BCUT2D eigenvalue weighted by Crippen LogP contribution is 2.25. The van der Waals surface area contributed by atoms with Crippen molar-refractivity contribution >= 4 is 5.78 Å². The molecule has 7 heavy (non-hydrogen) atoms. The Kier molecular flexibility index (Phi) is 1.13. The number of hydrogen-bond donors (Lipinski definition) is 0. The Balaban J connectivity index is 2.27. The molecule has 0 heterocycles. The van der Waals surface area contributed by atoms with Crippen molar-refractivity contribution in [1.82, 2.24) is 0 Å². The number of rotatable bonds is 1. The molecule has 0 aromatic rings. The van der Waals surface area contributed by atoms with Crippen LogP contribution in [0.25, 0.3) is 0 Å². The van der Waals surface area contributed by atoms with Crippen LogP contribution < -0.4 is 0 Å². The van der Waals surface area contributed by atoms with Gasteiger partial charge in [-0.2, -0.15) is 0 Å². The smallest absolute Gasteiger partial charge is 0.133 e. The van der Waals surface area contributed by atoms with Gasteiger partial charge in [0.2, 0.25) is 0 Å². The van der Waals surface area contributed by atoms with Gasteiger partial charge in [-0.25, -0.2) is 0 Å². The van der Waals surface area contributed by atoms with Crippen LogP contribution in [0.1, 0.15) is 19.8 Å². The molecule has 0 aliphatic heterocycles. The summed E-state index contributed by atoms with van der Waals surface area (Å²) in [5, 5.41) is 0. The molecular formula is C6H9O. The first-order chi connectivity index (χ1) is 3.30. The summed E-state index contributed by atoms with van der Waals surface area (Å²) in [5.41, 5.74) is 0. The molecular weight excluding hydrogens is 88.1 g/mol. The molecule has 1 radical (unpaired) electrons. The fourth-order valence-electron chi connectivity index (χ4n) is 0.703. The second kappa shape index (κ2) is 1.65. The van der Waals surface area contributed by atoms with E-state index in [0.717, 1.165) is 12.8 Å². The van der Waals surface area contributed by atoms with Gasteiger partial charge in [-0.3, -0.25) is 4.79 Å². The van der Waals surface area contributed by atoms with Crippen molar-refractivity contribution in [3.05, 3.63) is 6.42 Å². The zero-order valence-corrected chi connectivity index (χ0v) is 4.48. The number of carbonyl (C=O) groups excluding carboxylic acids is 1. The minimum atomic E-state index is 0.319. The monoisotopic (exact) mass is 97.1 g/mol. The maximum atomic E-state index is 10.4. The number of carbonyl (C=O) groups is 1. The minimum absolute atomic E-state index is 0.319. The first-order valence-electron chi connectivity index (χ1n) is 2.64. The first kappa shape index (κ1) is 4.82. The zero-order chi connectivity index (χ0) is 5.28. The zero-order valence-electron chi connectivity index (χ0n) is 4.48. The molecule has 0 amide bonds. The third-order valence-electron chi connectivity index (χ3n) is 1.45. The summed E-state index contributed by atoms with van der Waals surface area (Å²) in [7, 11) is 0. The van der Waals surface area contributed by atoms with Crippen molar-refractivity contribution in [1.29, 1.82) is 0 Å². The van der Waals surface area contributed by atoms with Crippen LogP contribution in [0.4, 0.5) is 0 Å². The van der Waals surface area contributed by atoms with Crippen LogP contribution in [-0.2, 0) is 4.79 Å². The van der Waals surface area contributed by atoms with Crippen LogP contribution in [0.2, 0.25) is 0 Å². The van der Waals surface area contributed by atoms with Gasteiger partial charge in [0, 0.05) is 5.92 Å². The summed E-state index contributed by atoms with van der Waals surface area (Å²) in [6, 6.07) is 0. The third kappa shape index (κ3) is 0.817. The second-order valence-electron chi connectivity index (χ2n) is 2.03. The first-order valence-corrected chi connectivity index (χ1v) is 2.64. The number of ketones is 1. The van der Waals surface area contributed by atoms with Gasteiger partial charge in [-0.15, -0.1) is 0 Å². The van der Waals surface area contributed by atoms with Crippen LogP contribution in [0.5, 0.6) is 0 Å². The van der Waals surface area contributed by atoms with Crippen molar-refractivity contribution in [3.63, 3.8) is 0 Å². The molecule has 1 saturated carbocycles. The Bertz CT molecular complexity index is 82.2. The van der Waals surface area contributed by atoms with Gasteiger partial charge in [0.05, 0.1) is 0 Å². The molecule has 1 atom stereocenters. The average molecular weight is 97.1 g/mol. The standard InChI is InChI=1S/C6H9O/c1-5(7)6-3-2-4-6/h3,6H,2,4H2,1H3. The van der Waals surface area contributed by atoms with E-state index in [2.05, 4.69) is 6.42 Å². The van der Waals surface area contributed by atoms with E-state index in [1.807, 2.05) is 0 Å². The van der Waals surface area contributed by atoms with Gasteiger partial charge in [0.15, 0.2) is 0 Å². The van der Waals surface area contributed by atoms with Crippen LogP contribution >= 0.6 is 0 Å². The summed E-state index contributed by atoms with van der Waals surface area (Å²) in [4.78, 5) is 10.4. The van der Waals surface area contributed by atoms with Crippen molar-refractivity contribution in [3.8, 4) is 0 Å². The van der Waals surface area contributed by atoms with E-state index >= 15 is 0 Å². The molecule has 0 bridgehead atoms. The predicted molar refractivity (Wildman–Crippen MR) is 27.7 cm³/mol. The topological polar surface area (TPSA) is 17.1 Å². The van der Waals surface area contributed by atoms with Gasteiger partial charge >= 0.3 is 0 Å². The molecule has 39 valence electrons. The van der Waals surface area contributed by atoms with E-state index in [-0.39, 0.29) is 0 Å². The van der Waals surface area contributed by atoms with Crippen LogP contribution in [0, 0.1) is 12.3 Å². The van der Waals surface area contributed by atoms with E-state index in [1.54, 1.807) is 6.92 Å². The van der Waals surface area contributed by atoms with Crippen LogP contribution in [0.3, 0.4) is 0 Å². The highest BCUT2D eigenvalue weighted by Gasteiger charge is 2.21. The maximum absolute atomic E-state index is 10.4. The molecule has 0 spiro atoms. The molecule has 1 aliphatic rings. The van der Waals surface area contributed by atoms with Crippen molar-refractivity contribution in [2.75, 3.05) is 0 Å². The third-order valence-corrected chi connectivity index (χ3v) is 1.45. The van der Waals surface area contributed by atoms with E-state index in [0.29, 0.717) is 11.7 Å². The van der Waals surface area contributed by atoms with Gasteiger partial charge in [0.1, 0.15) is 5.78 Å². The lowest BCUT2D eigenvalue weighted by molar-refractivity contribution is -0.121. The highest BCUT2D eigenvalue weighted by molar-refractivity contribution is 5.80. The Morgan fingerprint density at radius 1 is 1.86 bits per heavy atom. The van der Waals surface area contributed by atoms with Crippen LogP contribution in [-0.4, -0.2) is 5.78 Å². The predicted octanol–water partition coefficient (Wildman–Crippen LogP) is 1.19. The molecule has 1 rings (SSSR count).